The number of methoxy groups -OCH3 is 1. The Morgan fingerprint density at radius 2 is 2.29 bits per heavy atom. The van der Waals surface area contributed by atoms with Gasteiger partial charge in [0.15, 0.2) is 18.3 Å². The van der Waals surface area contributed by atoms with Gasteiger partial charge < -0.3 is 9.47 Å². The molecule has 0 aromatic heterocycles. The molecule has 0 bridgehead atoms. The van der Waals surface area contributed by atoms with Crippen LogP contribution in [-0.4, -0.2) is 32.9 Å². The van der Waals surface area contributed by atoms with Crippen molar-refractivity contribution in [3.05, 3.63) is 11.3 Å². The summed E-state index contributed by atoms with van der Waals surface area (Å²) in [5, 5.41) is 8.69. The number of hydrogen-bond donors (Lipinski definition) is 0. The first-order valence-corrected chi connectivity index (χ1v) is 3.86. The fraction of sp³-hybridized carbons (Fsp3) is 0.444. The lowest BCUT2D eigenvalue weighted by Gasteiger charge is -2.08. The van der Waals surface area contributed by atoms with Crippen LogP contribution in [-0.2, 0) is 14.3 Å². The highest BCUT2D eigenvalue weighted by Gasteiger charge is 2.10. The number of rotatable bonds is 5. The highest BCUT2D eigenvalue weighted by atomic mass is 16.7. The first-order chi connectivity index (χ1) is 6.71. The van der Waals surface area contributed by atoms with Crippen LogP contribution < -0.4 is 0 Å². The number of carbonyl (C=O) groups is 1. The molecule has 0 atom stereocenters. The van der Waals surface area contributed by atoms with Gasteiger partial charge in [-0.05, 0) is 6.92 Å². The number of carbonyl (C=O) groups excluding carboxylic acids is 1. The monoisotopic (exact) mass is 196 g/mol. The minimum atomic E-state index is -0.0266. The van der Waals surface area contributed by atoms with Gasteiger partial charge in [-0.25, -0.2) is 0 Å². The number of ether oxygens (including phenoxy) is 2. The van der Waals surface area contributed by atoms with Crippen LogP contribution in [0.3, 0.4) is 0 Å². The van der Waals surface area contributed by atoms with E-state index < -0.39 is 0 Å². The predicted octanol–water partition coefficient (Wildman–Crippen LogP) is 0.674. The largest absolute Gasteiger partial charge is 0.464 e. The fourth-order valence-electron chi connectivity index (χ4n) is 0.743. The first kappa shape index (κ1) is 12.3. The second kappa shape index (κ2) is 6.80. The molecule has 0 heterocycles. The van der Waals surface area contributed by atoms with E-state index in [4.69, 9.17) is 10.00 Å². The maximum absolute atomic E-state index is 10.5. The van der Waals surface area contributed by atoms with Crippen molar-refractivity contribution in [3.63, 3.8) is 0 Å². The van der Waals surface area contributed by atoms with E-state index >= 15 is 0 Å². The summed E-state index contributed by atoms with van der Waals surface area (Å²) in [5.41, 5.74) is 0.385. The zero-order valence-electron chi connectivity index (χ0n) is 8.40. The van der Waals surface area contributed by atoms with E-state index in [1.54, 1.807) is 6.92 Å². The molecule has 0 spiro atoms. The summed E-state index contributed by atoms with van der Waals surface area (Å²) in [5.74, 6) is 0.159. The van der Waals surface area contributed by atoms with Crippen LogP contribution >= 0.6 is 0 Å². The van der Waals surface area contributed by atoms with Gasteiger partial charge in [-0.15, -0.1) is 0 Å². The highest BCUT2D eigenvalue weighted by molar-refractivity contribution is 6.12. The first-order valence-electron chi connectivity index (χ1n) is 3.86. The predicted molar refractivity (Wildman–Crippen MR) is 50.7 cm³/mol. The van der Waals surface area contributed by atoms with Gasteiger partial charge >= 0.3 is 0 Å². The minimum absolute atomic E-state index is 0.0266. The van der Waals surface area contributed by atoms with Gasteiger partial charge in [-0.1, -0.05) is 0 Å². The molecular formula is C9H12N2O3. The molecule has 0 fully saturated rings. The number of allylic oxidation sites excluding steroid dienone is 2. The Morgan fingerprint density at radius 1 is 1.64 bits per heavy atom. The molecular weight excluding hydrogens is 184 g/mol. The number of aliphatic imine (C=N–C) groups is 1. The summed E-state index contributed by atoms with van der Waals surface area (Å²) < 4.78 is 9.73. The van der Waals surface area contributed by atoms with Gasteiger partial charge in [0.05, 0.1) is 0 Å². The zero-order chi connectivity index (χ0) is 11.0. The van der Waals surface area contributed by atoms with Crippen LogP contribution in [0, 0.1) is 11.3 Å². The third-order valence-corrected chi connectivity index (χ3v) is 1.40. The van der Waals surface area contributed by atoms with Crippen LogP contribution in [0.4, 0.5) is 0 Å². The molecule has 0 radical (unpaired) electrons. The Balaban J connectivity index is 4.93. The molecule has 0 amide bonds. The molecule has 0 aromatic carbocycles. The van der Waals surface area contributed by atoms with Crippen LogP contribution in [0.25, 0.3) is 0 Å². The van der Waals surface area contributed by atoms with Crippen molar-refractivity contribution in [2.75, 3.05) is 21.0 Å². The normalized spacial score (nSPS) is 12.9. The maximum atomic E-state index is 10.5. The molecule has 0 aliphatic rings. The quantitative estimate of drug-likeness (QED) is 0.213. The van der Waals surface area contributed by atoms with Crippen molar-refractivity contribution in [1.82, 2.24) is 0 Å². The van der Waals surface area contributed by atoms with Crippen LogP contribution in [0.15, 0.2) is 16.3 Å². The number of nitriles is 1. The molecule has 0 unspecified atom stereocenters. The van der Waals surface area contributed by atoms with E-state index in [-0.39, 0.29) is 18.3 Å². The zero-order valence-corrected chi connectivity index (χ0v) is 8.40. The summed E-state index contributed by atoms with van der Waals surface area (Å²) in [6, 6.07) is 1.83. The third-order valence-electron chi connectivity index (χ3n) is 1.40. The molecule has 14 heavy (non-hydrogen) atoms. The topological polar surface area (TPSA) is 71.7 Å². The molecule has 0 N–H and O–H groups in total. The lowest BCUT2D eigenvalue weighted by molar-refractivity contribution is -0.105. The molecule has 0 aromatic rings. The Hall–Kier alpha value is -1.67. The van der Waals surface area contributed by atoms with E-state index in [2.05, 4.69) is 9.73 Å². The van der Waals surface area contributed by atoms with E-state index in [0.717, 1.165) is 0 Å². The van der Waals surface area contributed by atoms with Crippen LogP contribution in [0.1, 0.15) is 6.92 Å². The third kappa shape index (κ3) is 3.37. The second-order valence-electron chi connectivity index (χ2n) is 2.36. The maximum Gasteiger partial charge on any atom is 0.188 e. The minimum Gasteiger partial charge on any atom is -0.464 e. The van der Waals surface area contributed by atoms with E-state index in [9.17, 15) is 4.79 Å². The van der Waals surface area contributed by atoms with Crippen molar-refractivity contribution in [3.8, 4) is 6.07 Å². The van der Waals surface area contributed by atoms with E-state index in [1.807, 2.05) is 6.07 Å². The Labute approximate surface area is 82.6 Å². The second-order valence-corrected chi connectivity index (χ2v) is 2.36. The fourth-order valence-corrected chi connectivity index (χ4v) is 0.743. The average Bonchev–Trinajstić information content (AvgIpc) is 2.23. The summed E-state index contributed by atoms with van der Waals surface area (Å²) in [6.07, 6.45) is 0.605. The van der Waals surface area contributed by atoms with Crippen molar-refractivity contribution in [2.45, 2.75) is 6.92 Å². The van der Waals surface area contributed by atoms with Crippen molar-refractivity contribution in [1.29, 1.82) is 5.26 Å². The average molecular weight is 196 g/mol. The molecule has 0 aliphatic heterocycles. The van der Waals surface area contributed by atoms with Gasteiger partial charge in [0, 0.05) is 19.7 Å². The lowest BCUT2D eigenvalue weighted by Crippen LogP contribution is -2.09. The molecule has 0 rings (SSSR count). The molecule has 5 nitrogen and oxygen atoms in total. The number of hydrogen-bond acceptors (Lipinski definition) is 5. The summed E-state index contributed by atoms with van der Waals surface area (Å²) in [4.78, 5) is 14.2. The van der Waals surface area contributed by atoms with Gasteiger partial charge in [-0.3, -0.25) is 9.79 Å². The van der Waals surface area contributed by atoms with E-state index in [1.165, 1.54) is 14.2 Å². The standard InChI is InChI=1S/C9H12N2O3/c1-7(5-12)9(14-6-13-3)8(4-10)11-2/h5H,6H2,1-3H3/b9-7-,11-8-. The Kier molecular flexibility index (Phi) is 5.99. The van der Waals surface area contributed by atoms with Crippen LogP contribution in [0.2, 0.25) is 0 Å². The molecule has 0 saturated heterocycles. The van der Waals surface area contributed by atoms with Gasteiger partial charge in [0.25, 0.3) is 0 Å². The Bertz CT molecular complexity index is 300. The van der Waals surface area contributed by atoms with Gasteiger partial charge in [0.2, 0.25) is 0 Å². The summed E-state index contributed by atoms with van der Waals surface area (Å²) in [6.45, 7) is 1.52. The Morgan fingerprint density at radius 3 is 2.64 bits per heavy atom. The van der Waals surface area contributed by atoms with Crippen molar-refractivity contribution in [2.24, 2.45) is 4.99 Å². The summed E-state index contributed by atoms with van der Waals surface area (Å²) in [7, 11) is 2.90. The summed E-state index contributed by atoms with van der Waals surface area (Å²) >= 11 is 0. The molecule has 5 heteroatoms. The van der Waals surface area contributed by atoms with Gasteiger partial charge in [-0.2, -0.15) is 5.26 Å². The highest BCUT2D eigenvalue weighted by Crippen LogP contribution is 2.06. The van der Waals surface area contributed by atoms with Crippen molar-refractivity contribution < 1.29 is 14.3 Å². The molecule has 0 saturated carbocycles. The smallest absolute Gasteiger partial charge is 0.188 e. The van der Waals surface area contributed by atoms with E-state index in [0.29, 0.717) is 11.9 Å². The molecule has 76 valence electrons. The van der Waals surface area contributed by atoms with Crippen molar-refractivity contribution >= 4 is 12.0 Å². The molecule has 0 aliphatic carbocycles. The SMILES string of the molecule is C/N=C(C#N)\C(OCOC)=C(/C)C=O. The van der Waals surface area contributed by atoms with Gasteiger partial charge in [0.1, 0.15) is 12.4 Å². The number of nitrogens with zero attached hydrogens (tertiary/aromatic N) is 2. The number of aldehydes is 1. The van der Waals surface area contributed by atoms with Crippen LogP contribution in [0.5, 0.6) is 0 Å². The lowest BCUT2D eigenvalue weighted by atomic mass is 10.2.